The molecule has 0 spiro atoms. The fourth-order valence-electron chi connectivity index (χ4n) is 1.07. The Hall–Kier alpha value is -1.86. The van der Waals surface area contributed by atoms with E-state index < -0.39 is 16.9 Å². The van der Waals surface area contributed by atoms with Crippen molar-refractivity contribution in [2.24, 2.45) is 5.73 Å². The number of carbonyl (C=O) groups excluding carboxylic acids is 1. The first kappa shape index (κ1) is 13.2. The minimum absolute atomic E-state index is 0.118. The summed E-state index contributed by atoms with van der Waals surface area (Å²) in [4.78, 5) is 20.4. The number of nitrogens with zero attached hydrogens (tertiary/aromatic N) is 1. The minimum Gasteiger partial charge on any atom is -0.381 e. The molecule has 8 heteroatoms. The van der Waals surface area contributed by atoms with Crippen molar-refractivity contribution < 1.29 is 14.8 Å². The molecule has 0 saturated heterocycles. The molecule has 0 heterocycles. The van der Waals surface area contributed by atoms with Gasteiger partial charge in [0.05, 0.1) is 15.6 Å². The normalized spacial score (nSPS) is 11.9. The van der Waals surface area contributed by atoms with Crippen molar-refractivity contribution in [3.63, 3.8) is 0 Å². The van der Waals surface area contributed by atoms with E-state index in [1.165, 1.54) is 18.2 Å². The van der Waals surface area contributed by atoms with Gasteiger partial charge in [-0.15, -0.1) is 0 Å². The zero-order valence-corrected chi connectivity index (χ0v) is 9.35. The largest absolute Gasteiger partial charge is 0.381 e. The standard InChI is InChI=1S/C9H10ClN3O4/c10-6-3-5(13(16)17)1-2-7(6)12-4-8(14)9(11)15/h1-3,8,12,14H,4H2,(H2,11,15). The van der Waals surface area contributed by atoms with Gasteiger partial charge >= 0.3 is 0 Å². The third-order valence-electron chi connectivity index (χ3n) is 1.98. The van der Waals surface area contributed by atoms with Crippen LogP contribution in [0.3, 0.4) is 0 Å². The predicted molar refractivity (Wildman–Crippen MR) is 61.8 cm³/mol. The highest BCUT2D eigenvalue weighted by Gasteiger charge is 2.13. The Kier molecular flexibility index (Phi) is 4.24. The number of benzene rings is 1. The summed E-state index contributed by atoms with van der Waals surface area (Å²) in [5, 5.41) is 22.4. The van der Waals surface area contributed by atoms with E-state index in [0.717, 1.165) is 0 Å². The number of nitrogens with two attached hydrogens (primary N) is 1. The zero-order valence-electron chi connectivity index (χ0n) is 8.59. The van der Waals surface area contributed by atoms with Gasteiger partial charge in [0, 0.05) is 18.7 Å². The number of nitro groups is 1. The van der Waals surface area contributed by atoms with Crippen LogP contribution in [0.4, 0.5) is 11.4 Å². The Bertz CT molecular complexity index is 452. The van der Waals surface area contributed by atoms with Crippen molar-refractivity contribution in [2.75, 3.05) is 11.9 Å². The van der Waals surface area contributed by atoms with E-state index in [1.807, 2.05) is 0 Å². The molecule has 4 N–H and O–H groups in total. The van der Waals surface area contributed by atoms with Crippen molar-refractivity contribution in [3.05, 3.63) is 33.3 Å². The van der Waals surface area contributed by atoms with Gasteiger partial charge < -0.3 is 16.2 Å². The Morgan fingerprint density at radius 1 is 1.65 bits per heavy atom. The molecule has 1 atom stereocenters. The van der Waals surface area contributed by atoms with Gasteiger partial charge in [-0.25, -0.2) is 0 Å². The Morgan fingerprint density at radius 2 is 2.29 bits per heavy atom. The summed E-state index contributed by atoms with van der Waals surface area (Å²) in [6, 6.07) is 3.81. The molecule has 1 amide bonds. The first-order valence-electron chi connectivity index (χ1n) is 4.57. The second-order valence-electron chi connectivity index (χ2n) is 3.22. The molecular formula is C9H10ClN3O4. The van der Waals surface area contributed by atoms with Crippen LogP contribution in [0.5, 0.6) is 0 Å². The van der Waals surface area contributed by atoms with E-state index in [-0.39, 0.29) is 17.3 Å². The lowest BCUT2D eigenvalue weighted by atomic mass is 10.2. The number of non-ortho nitro benzene ring substituents is 1. The van der Waals surface area contributed by atoms with Crippen LogP contribution in [-0.2, 0) is 4.79 Å². The molecule has 1 aromatic rings. The number of anilines is 1. The van der Waals surface area contributed by atoms with Gasteiger partial charge in [0.25, 0.3) is 5.69 Å². The molecule has 1 unspecified atom stereocenters. The first-order valence-corrected chi connectivity index (χ1v) is 4.95. The van der Waals surface area contributed by atoms with Crippen LogP contribution >= 0.6 is 11.6 Å². The topological polar surface area (TPSA) is 118 Å². The second kappa shape index (κ2) is 5.46. The summed E-state index contributed by atoms with van der Waals surface area (Å²) in [6.07, 6.45) is -1.35. The van der Waals surface area contributed by atoms with E-state index >= 15 is 0 Å². The van der Waals surface area contributed by atoms with Crippen LogP contribution in [0.15, 0.2) is 18.2 Å². The molecule has 0 aliphatic heterocycles. The highest BCUT2D eigenvalue weighted by molar-refractivity contribution is 6.33. The number of nitro benzene ring substituents is 1. The molecule has 0 aliphatic carbocycles. The molecule has 0 aromatic heterocycles. The van der Waals surface area contributed by atoms with Crippen LogP contribution in [0.25, 0.3) is 0 Å². The molecule has 0 fully saturated rings. The third-order valence-corrected chi connectivity index (χ3v) is 2.29. The molecule has 0 aliphatic rings. The number of aliphatic hydroxyl groups is 1. The summed E-state index contributed by atoms with van der Waals surface area (Å²) < 4.78 is 0. The monoisotopic (exact) mass is 259 g/mol. The average Bonchev–Trinajstić information content (AvgIpc) is 2.26. The molecule has 0 saturated carbocycles. The predicted octanol–water partition coefficient (Wildman–Crippen LogP) is 0.506. The van der Waals surface area contributed by atoms with Crippen LogP contribution in [-0.4, -0.2) is 28.6 Å². The SMILES string of the molecule is NC(=O)C(O)CNc1ccc([N+](=O)[O-])cc1Cl. The van der Waals surface area contributed by atoms with Crippen molar-refractivity contribution in [3.8, 4) is 0 Å². The number of primary amides is 1. The van der Waals surface area contributed by atoms with Crippen molar-refractivity contribution >= 4 is 28.9 Å². The number of hydrogen-bond donors (Lipinski definition) is 3. The van der Waals surface area contributed by atoms with E-state index in [9.17, 15) is 14.9 Å². The second-order valence-corrected chi connectivity index (χ2v) is 3.63. The summed E-state index contributed by atoms with van der Waals surface area (Å²) in [6.45, 7) is -0.118. The molecule has 17 heavy (non-hydrogen) atoms. The Morgan fingerprint density at radius 3 is 2.76 bits per heavy atom. The lowest BCUT2D eigenvalue weighted by Crippen LogP contribution is -2.34. The number of carbonyl (C=O) groups is 1. The smallest absolute Gasteiger partial charge is 0.271 e. The van der Waals surface area contributed by atoms with E-state index in [1.54, 1.807) is 0 Å². The number of amides is 1. The van der Waals surface area contributed by atoms with Gasteiger partial charge in [0.1, 0.15) is 6.10 Å². The van der Waals surface area contributed by atoms with Gasteiger partial charge in [-0.3, -0.25) is 14.9 Å². The van der Waals surface area contributed by atoms with E-state index in [4.69, 9.17) is 22.4 Å². The maximum Gasteiger partial charge on any atom is 0.271 e. The summed E-state index contributed by atoms with van der Waals surface area (Å²) in [7, 11) is 0. The third kappa shape index (κ3) is 3.58. The maximum absolute atomic E-state index is 10.6. The molecule has 1 aromatic carbocycles. The van der Waals surface area contributed by atoms with Gasteiger partial charge in [-0.1, -0.05) is 11.6 Å². The molecule has 92 valence electrons. The average molecular weight is 260 g/mol. The quantitative estimate of drug-likeness (QED) is 0.526. The highest BCUT2D eigenvalue weighted by atomic mass is 35.5. The number of hydrogen-bond acceptors (Lipinski definition) is 5. The van der Waals surface area contributed by atoms with Crippen LogP contribution in [0, 0.1) is 10.1 Å². The van der Waals surface area contributed by atoms with Crippen molar-refractivity contribution in [1.82, 2.24) is 0 Å². The summed E-state index contributed by atoms with van der Waals surface area (Å²) in [5.74, 6) is -0.865. The molecular weight excluding hydrogens is 250 g/mol. The number of nitrogens with one attached hydrogen (secondary N) is 1. The van der Waals surface area contributed by atoms with Gasteiger partial charge in [-0.2, -0.15) is 0 Å². The number of aliphatic hydroxyl groups excluding tert-OH is 1. The Labute approximate surface area is 101 Å². The number of halogens is 1. The molecule has 0 radical (unpaired) electrons. The number of rotatable bonds is 5. The molecule has 7 nitrogen and oxygen atoms in total. The lowest BCUT2D eigenvalue weighted by molar-refractivity contribution is -0.384. The van der Waals surface area contributed by atoms with Gasteiger partial charge in [0.15, 0.2) is 0 Å². The van der Waals surface area contributed by atoms with E-state index in [2.05, 4.69) is 5.32 Å². The minimum atomic E-state index is -1.35. The Balaban J connectivity index is 2.73. The van der Waals surface area contributed by atoms with Gasteiger partial charge in [0.2, 0.25) is 5.91 Å². The fraction of sp³-hybridized carbons (Fsp3) is 0.222. The molecule has 0 bridgehead atoms. The maximum atomic E-state index is 10.6. The lowest BCUT2D eigenvalue weighted by Gasteiger charge is -2.10. The zero-order chi connectivity index (χ0) is 13.0. The van der Waals surface area contributed by atoms with Crippen molar-refractivity contribution in [1.29, 1.82) is 0 Å². The fourth-order valence-corrected chi connectivity index (χ4v) is 1.31. The van der Waals surface area contributed by atoms with E-state index in [0.29, 0.717) is 5.69 Å². The van der Waals surface area contributed by atoms with Crippen LogP contribution < -0.4 is 11.1 Å². The van der Waals surface area contributed by atoms with Crippen LogP contribution in [0.2, 0.25) is 5.02 Å². The summed E-state index contributed by atoms with van der Waals surface area (Å²) >= 11 is 5.77. The van der Waals surface area contributed by atoms with Crippen LogP contribution in [0.1, 0.15) is 0 Å². The van der Waals surface area contributed by atoms with Crippen molar-refractivity contribution in [2.45, 2.75) is 6.10 Å². The first-order chi connectivity index (χ1) is 7.91. The highest BCUT2D eigenvalue weighted by Crippen LogP contribution is 2.26. The summed E-state index contributed by atoms with van der Waals surface area (Å²) in [5.41, 5.74) is 5.08. The molecule has 1 rings (SSSR count). The van der Waals surface area contributed by atoms with Gasteiger partial charge in [-0.05, 0) is 6.07 Å².